The molecule has 6 heteroatoms. The first-order valence-corrected chi connectivity index (χ1v) is 8.54. The van der Waals surface area contributed by atoms with Gasteiger partial charge in [-0.2, -0.15) is 0 Å². The van der Waals surface area contributed by atoms with Crippen LogP contribution < -0.4 is 19.7 Å². The molecule has 0 saturated heterocycles. The van der Waals surface area contributed by atoms with Gasteiger partial charge in [-0.05, 0) is 60.7 Å². The van der Waals surface area contributed by atoms with Crippen LogP contribution >= 0.6 is 0 Å². The number of hydrogen-bond donors (Lipinski definition) is 1. The number of carbonyl (C=O) groups excluding carboxylic acids is 1. The summed E-state index contributed by atoms with van der Waals surface area (Å²) in [6, 6.07) is 18.6. The summed E-state index contributed by atoms with van der Waals surface area (Å²) in [6.45, 7) is 0. The molecule has 0 aliphatic carbocycles. The Labute approximate surface area is 157 Å². The summed E-state index contributed by atoms with van der Waals surface area (Å²) in [7, 11) is 3.24. The second-order valence-electron chi connectivity index (χ2n) is 6.08. The molecule has 6 nitrogen and oxygen atoms in total. The maximum Gasteiger partial charge on any atom is 0.262 e. The molecule has 1 atom stereocenters. The number of carbonyl (C=O) groups is 1. The minimum Gasteiger partial charge on any atom is -0.497 e. The Kier molecular flexibility index (Phi) is 4.38. The van der Waals surface area contributed by atoms with E-state index < -0.39 is 6.17 Å². The van der Waals surface area contributed by atoms with Gasteiger partial charge in [-0.15, -0.1) is 0 Å². The highest BCUT2D eigenvalue weighted by Gasteiger charge is 2.38. The van der Waals surface area contributed by atoms with Gasteiger partial charge < -0.3 is 14.8 Å². The second-order valence-corrected chi connectivity index (χ2v) is 6.08. The summed E-state index contributed by atoms with van der Waals surface area (Å²) in [4.78, 5) is 19.2. The molecule has 1 aliphatic rings. The zero-order valence-corrected chi connectivity index (χ0v) is 15.0. The Balaban J connectivity index is 1.72. The average molecular weight is 361 g/mol. The molecule has 1 aromatic heterocycles. The number of hydrogen-bond acceptors (Lipinski definition) is 5. The predicted octanol–water partition coefficient (Wildman–Crippen LogP) is 3.87. The van der Waals surface area contributed by atoms with E-state index in [1.807, 2.05) is 48.5 Å². The van der Waals surface area contributed by atoms with Gasteiger partial charge in [-0.3, -0.25) is 14.7 Å². The molecular formula is C21H19N3O3. The van der Waals surface area contributed by atoms with E-state index in [1.165, 1.54) is 0 Å². The third-order valence-corrected chi connectivity index (χ3v) is 4.55. The van der Waals surface area contributed by atoms with Gasteiger partial charge in [-0.1, -0.05) is 0 Å². The molecule has 3 aromatic rings. The van der Waals surface area contributed by atoms with Crippen LogP contribution in [0.25, 0.3) is 0 Å². The number of fused-ring (bicyclic) bond motifs is 1. The normalized spacial score (nSPS) is 15.4. The third-order valence-electron chi connectivity index (χ3n) is 4.55. The Morgan fingerprint density at radius 2 is 1.56 bits per heavy atom. The molecule has 2 aromatic carbocycles. The van der Waals surface area contributed by atoms with Crippen LogP contribution in [0, 0.1) is 0 Å². The van der Waals surface area contributed by atoms with Crippen LogP contribution in [-0.4, -0.2) is 25.1 Å². The molecule has 1 unspecified atom stereocenters. The van der Waals surface area contributed by atoms with Gasteiger partial charge >= 0.3 is 0 Å². The first kappa shape index (κ1) is 16.9. The van der Waals surface area contributed by atoms with E-state index in [0.717, 1.165) is 22.9 Å². The van der Waals surface area contributed by atoms with Gasteiger partial charge in [0, 0.05) is 17.6 Å². The van der Waals surface area contributed by atoms with Crippen LogP contribution in [0.1, 0.15) is 22.2 Å². The molecule has 1 aliphatic heterocycles. The van der Waals surface area contributed by atoms with Crippen LogP contribution in [0.3, 0.4) is 0 Å². The van der Waals surface area contributed by atoms with Crippen LogP contribution in [0.4, 0.5) is 11.4 Å². The number of methoxy groups -OCH3 is 2. The van der Waals surface area contributed by atoms with E-state index in [1.54, 1.807) is 37.4 Å². The summed E-state index contributed by atoms with van der Waals surface area (Å²) < 4.78 is 10.4. The fraction of sp³-hybridized carbons (Fsp3) is 0.143. The largest absolute Gasteiger partial charge is 0.497 e. The number of anilines is 2. The first-order chi connectivity index (χ1) is 13.2. The highest BCUT2D eigenvalue weighted by molar-refractivity contribution is 6.11. The van der Waals surface area contributed by atoms with E-state index in [9.17, 15) is 4.79 Å². The molecule has 1 N–H and O–H groups in total. The lowest BCUT2D eigenvalue weighted by atomic mass is 10.2. The van der Waals surface area contributed by atoms with Crippen LogP contribution in [0.5, 0.6) is 11.5 Å². The summed E-state index contributed by atoms with van der Waals surface area (Å²) in [6.07, 6.45) is 1.29. The van der Waals surface area contributed by atoms with Gasteiger partial charge in [0.25, 0.3) is 5.91 Å². The smallest absolute Gasteiger partial charge is 0.262 e. The number of pyridine rings is 1. The highest BCUT2D eigenvalue weighted by Crippen LogP contribution is 2.37. The molecule has 27 heavy (non-hydrogen) atoms. The van der Waals surface area contributed by atoms with E-state index in [4.69, 9.17) is 9.47 Å². The molecule has 0 fully saturated rings. The Morgan fingerprint density at radius 1 is 0.926 bits per heavy atom. The van der Waals surface area contributed by atoms with Crippen molar-refractivity contribution in [1.82, 2.24) is 4.98 Å². The molecule has 1 amide bonds. The minimum atomic E-state index is -0.407. The van der Waals surface area contributed by atoms with Gasteiger partial charge in [0.1, 0.15) is 11.5 Å². The molecule has 0 spiro atoms. The van der Waals surface area contributed by atoms with Gasteiger partial charge in [0.05, 0.1) is 25.5 Å². The van der Waals surface area contributed by atoms with Crippen molar-refractivity contribution < 1.29 is 14.3 Å². The molecule has 0 radical (unpaired) electrons. The second kappa shape index (κ2) is 6.99. The lowest BCUT2D eigenvalue weighted by Gasteiger charge is -2.26. The number of nitrogens with zero attached hydrogens (tertiary/aromatic N) is 2. The zero-order valence-electron chi connectivity index (χ0n) is 15.0. The maximum atomic E-state index is 13.0. The van der Waals surface area contributed by atoms with Crippen LogP contribution in [0.2, 0.25) is 0 Å². The van der Waals surface area contributed by atoms with Gasteiger partial charge in [-0.25, -0.2) is 0 Å². The summed E-state index contributed by atoms with van der Waals surface area (Å²) >= 11 is 0. The third kappa shape index (κ3) is 3.06. The van der Waals surface area contributed by atoms with E-state index in [0.29, 0.717) is 11.3 Å². The molecular weight excluding hydrogens is 342 g/mol. The van der Waals surface area contributed by atoms with Crippen molar-refractivity contribution in [3.8, 4) is 11.5 Å². The fourth-order valence-corrected chi connectivity index (χ4v) is 3.17. The fourth-order valence-electron chi connectivity index (χ4n) is 3.17. The quantitative estimate of drug-likeness (QED) is 0.747. The van der Waals surface area contributed by atoms with E-state index in [-0.39, 0.29) is 5.91 Å². The SMILES string of the molecule is COc1ccc(NC2c3ncccc3C(=O)N2c2ccc(OC)cc2)cc1. The topological polar surface area (TPSA) is 63.7 Å². The molecule has 136 valence electrons. The number of aromatic nitrogens is 1. The van der Waals surface area contributed by atoms with Crippen molar-refractivity contribution in [2.24, 2.45) is 0 Å². The first-order valence-electron chi connectivity index (χ1n) is 8.54. The maximum absolute atomic E-state index is 13.0. The van der Waals surface area contributed by atoms with Crippen molar-refractivity contribution in [3.05, 3.63) is 78.1 Å². The standard InChI is InChI=1S/C21H19N3O3/c1-26-16-9-5-14(6-10-16)23-20-19-18(4-3-13-22-19)21(25)24(20)15-7-11-17(27-2)12-8-15/h3-13,20,23H,1-2H3. The summed E-state index contributed by atoms with van der Waals surface area (Å²) in [5.74, 6) is 1.42. The Bertz CT molecular complexity index is 955. The average Bonchev–Trinajstić information content (AvgIpc) is 3.01. The van der Waals surface area contributed by atoms with E-state index >= 15 is 0 Å². The van der Waals surface area contributed by atoms with Crippen molar-refractivity contribution in [3.63, 3.8) is 0 Å². The van der Waals surface area contributed by atoms with Gasteiger partial charge in [0.15, 0.2) is 6.17 Å². The van der Waals surface area contributed by atoms with Crippen LogP contribution in [-0.2, 0) is 0 Å². The number of nitrogens with one attached hydrogen (secondary N) is 1. The summed E-state index contributed by atoms with van der Waals surface area (Å²) in [5, 5.41) is 3.41. The lowest BCUT2D eigenvalue weighted by molar-refractivity contribution is 0.0993. The van der Waals surface area contributed by atoms with E-state index in [2.05, 4.69) is 10.3 Å². The van der Waals surface area contributed by atoms with Crippen molar-refractivity contribution in [2.45, 2.75) is 6.17 Å². The molecule has 0 bridgehead atoms. The predicted molar refractivity (Wildman–Crippen MR) is 103 cm³/mol. The molecule has 2 heterocycles. The highest BCUT2D eigenvalue weighted by atomic mass is 16.5. The number of rotatable bonds is 5. The van der Waals surface area contributed by atoms with Crippen molar-refractivity contribution in [1.29, 1.82) is 0 Å². The Hall–Kier alpha value is -3.54. The minimum absolute atomic E-state index is 0.0886. The monoisotopic (exact) mass is 361 g/mol. The van der Waals surface area contributed by atoms with Crippen molar-refractivity contribution >= 4 is 17.3 Å². The number of benzene rings is 2. The molecule has 0 saturated carbocycles. The van der Waals surface area contributed by atoms with Crippen LogP contribution in [0.15, 0.2) is 66.9 Å². The number of amides is 1. The summed E-state index contributed by atoms with van der Waals surface area (Å²) in [5.41, 5.74) is 2.93. The van der Waals surface area contributed by atoms with Gasteiger partial charge in [0.2, 0.25) is 0 Å². The Morgan fingerprint density at radius 3 is 2.19 bits per heavy atom. The molecule has 4 rings (SSSR count). The zero-order chi connectivity index (χ0) is 18.8. The number of ether oxygens (including phenoxy) is 2. The van der Waals surface area contributed by atoms with Crippen molar-refractivity contribution in [2.75, 3.05) is 24.4 Å². The lowest BCUT2D eigenvalue weighted by Crippen LogP contribution is -2.32.